The quantitative estimate of drug-likeness (QED) is 0.749. The van der Waals surface area contributed by atoms with Gasteiger partial charge in [0.1, 0.15) is 5.75 Å². The fourth-order valence-electron chi connectivity index (χ4n) is 3.38. The van der Waals surface area contributed by atoms with E-state index < -0.39 is 0 Å². The van der Waals surface area contributed by atoms with Gasteiger partial charge in [-0.3, -0.25) is 0 Å². The number of aliphatic hydroxyl groups is 1. The van der Waals surface area contributed by atoms with E-state index in [-0.39, 0.29) is 12.0 Å². The van der Waals surface area contributed by atoms with Crippen molar-refractivity contribution < 1.29 is 10.2 Å². The Morgan fingerprint density at radius 3 is 2.65 bits per heavy atom. The third-order valence-electron chi connectivity index (χ3n) is 4.69. The van der Waals surface area contributed by atoms with E-state index in [1.165, 1.54) is 32.1 Å². The van der Waals surface area contributed by atoms with E-state index in [1.807, 2.05) is 25.1 Å². The maximum Gasteiger partial charge on any atom is 0.122 e. The van der Waals surface area contributed by atoms with Crippen molar-refractivity contribution in [3.63, 3.8) is 0 Å². The SMILES string of the molecule is Cc1cccc(CNCC2(CCO)CCCCC2)c1O. The molecule has 1 saturated carbocycles. The van der Waals surface area contributed by atoms with E-state index in [0.717, 1.165) is 24.1 Å². The Kier molecular flexibility index (Phi) is 5.44. The number of hydrogen-bond acceptors (Lipinski definition) is 3. The van der Waals surface area contributed by atoms with E-state index in [4.69, 9.17) is 0 Å². The molecule has 0 unspecified atom stereocenters. The summed E-state index contributed by atoms with van der Waals surface area (Å²) >= 11 is 0. The van der Waals surface area contributed by atoms with Gasteiger partial charge in [-0.1, -0.05) is 37.5 Å². The van der Waals surface area contributed by atoms with E-state index >= 15 is 0 Å². The summed E-state index contributed by atoms with van der Waals surface area (Å²) in [7, 11) is 0. The number of aryl methyl sites for hydroxylation is 1. The smallest absolute Gasteiger partial charge is 0.122 e. The minimum Gasteiger partial charge on any atom is -0.507 e. The lowest BCUT2D eigenvalue weighted by Crippen LogP contribution is -2.36. The number of phenols is 1. The summed E-state index contributed by atoms with van der Waals surface area (Å²) < 4.78 is 0. The monoisotopic (exact) mass is 277 g/mol. The van der Waals surface area contributed by atoms with Gasteiger partial charge in [0.05, 0.1) is 0 Å². The van der Waals surface area contributed by atoms with Crippen LogP contribution in [0.4, 0.5) is 0 Å². The average Bonchev–Trinajstić information content (AvgIpc) is 2.45. The van der Waals surface area contributed by atoms with Crippen LogP contribution >= 0.6 is 0 Å². The van der Waals surface area contributed by atoms with E-state index in [2.05, 4.69) is 5.32 Å². The highest BCUT2D eigenvalue weighted by Gasteiger charge is 2.30. The van der Waals surface area contributed by atoms with Crippen LogP contribution < -0.4 is 5.32 Å². The highest BCUT2D eigenvalue weighted by molar-refractivity contribution is 5.39. The summed E-state index contributed by atoms with van der Waals surface area (Å²) in [5.41, 5.74) is 2.14. The predicted molar refractivity (Wildman–Crippen MR) is 81.8 cm³/mol. The highest BCUT2D eigenvalue weighted by atomic mass is 16.3. The molecule has 1 aliphatic carbocycles. The van der Waals surface area contributed by atoms with Crippen molar-refractivity contribution in [2.45, 2.75) is 52.0 Å². The number of hydrogen-bond donors (Lipinski definition) is 3. The van der Waals surface area contributed by atoms with Crippen molar-refractivity contribution in [3.8, 4) is 5.75 Å². The maximum atomic E-state index is 10.0. The molecule has 1 fully saturated rings. The van der Waals surface area contributed by atoms with Gasteiger partial charge in [0, 0.05) is 25.3 Å². The normalized spacial score (nSPS) is 18.1. The van der Waals surface area contributed by atoms with Gasteiger partial charge in [0.15, 0.2) is 0 Å². The molecule has 0 bridgehead atoms. The lowest BCUT2D eigenvalue weighted by Gasteiger charge is -2.37. The Balaban J connectivity index is 1.91. The van der Waals surface area contributed by atoms with E-state index in [9.17, 15) is 10.2 Å². The van der Waals surface area contributed by atoms with Crippen LogP contribution in [-0.2, 0) is 6.54 Å². The van der Waals surface area contributed by atoms with Crippen molar-refractivity contribution in [2.24, 2.45) is 5.41 Å². The zero-order chi connectivity index (χ0) is 14.4. The van der Waals surface area contributed by atoms with Crippen LogP contribution in [-0.4, -0.2) is 23.4 Å². The summed E-state index contributed by atoms with van der Waals surface area (Å²) in [6.07, 6.45) is 7.18. The third kappa shape index (κ3) is 3.74. The number of benzene rings is 1. The molecule has 0 aliphatic heterocycles. The first-order chi connectivity index (χ1) is 9.67. The number of nitrogens with one attached hydrogen (secondary N) is 1. The topological polar surface area (TPSA) is 52.5 Å². The Bertz CT molecular complexity index is 419. The van der Waals surface area contributed by atoms with Crippen molar-refractivity contribution in [1.29, 1.82) is 0 Å². The molecule has 1 aromatic rings. The predicted octanol–water partition coefficient (Wildman–Crippen LogP) is 3.12. The molecule has 0 aromatic heterocycles. The van der Waals surface area contributed by atoms with Gasteiger partial charge in [-0.2, -0.15) is 0 Å². The number of aromatic hydroxyl groups is 1. The summed E-state index contributed by atoms with van der Waals surface area (Å²) in [6, 6.07) is 5.87. The standard InChI is InChI=1S/C17H27NO2/c1-14-6-5-7-15(16(14)20)12-18-13-17(10-11-19)8-3-2-4-9-17/h5-7,18-20H,2-4,8-13H2,1H3. The van der Waals surface area contributed by atoms with Crippen LogP contribution in [0.25, 0.3) is 0 Å². The molecular formula is C17H27NO2. The number of para-hydroxylation sites is 1. The molecule has 1 aliphatic rings. The Labute approximate surface area is 122 Å². The molecular weight excluding hydrogens is 250 g/mol. The zero-order valence-electron chi connectivity index (χ0n) is 12.5. The summed E-state index contributed by atoms with van der Waals surface area (Å²) in [4.78, 5) is 0. The van der Waals surface area contributed by atoms with Crippen LogP contribution in [0.2, 0.25) is 0 Å². The lowest BCUT2D eigenvalue weighted by molar-refractivity contribution is 0.126. The molecule has 112 valence electrons. The van der Waals surface area contributed by atoms with Crippen LogP contribution in [0.15, 0.2) is 18.2 Å². The first-order valence-corrected chi connectivity index (χ1v) is 7.76. The molecule has 0 saturated heterocycles. The molecule has 0 heterocycles. The average molecular weight is 277 g/mol. The fourth-order valence-corrected chi connectivity index (χ4v) is 3.38. The summed E-state index contributed by atoms with van der Waals surface area (Å²) in [5.74, 6) is 0.403. The molecule has 3 heteroatoms. The van der Waals surface area contributed by atoms with Gasteiger partial charge in [-0.25, -0.2) is 0 Å². The van der Waals surface area contributed by atoms with E-state index in [1.54, 1.807) is 0 Å². The molecule has 0 spiro atoms. The summed E-state index contributed by atoms with van der Waals surface area (Å²) in [6.45, 7) is 3.83. The second kappa shape index (κ2) is 7.09. The van der Waals surface area contributed by atoms with Gasteiger partial charge in [0.2, 0.25) is 0 Å². The second-order valence-corrected chi connectivity index (χ2v) is 6.22. The first kappa shape index (κ1) is 15.3. The Hall–Kier alpha value is -1.06. The largest absolute Gasteiger partial charge is 0.507 e. The third-order valence-corrected chi connectivity index (χ3v) is 4.69. The molecule has 0 amide bonds. The minimum atomic E-state index is 0.256. The van der Waals surface area contributed by atoms with Gasteiger partial charge < -0.3 is 15.5 Å². The van der Waals surface area contributed by atoms with Gasteiger partial charge in [-0.05, 0) is 37.2 Å². The van der Waals surface area contributed by atoms with Gasteiger partial charge in [0.25, 0.3) is 0 Å². The highest BCUT2D eigenvalue weighted by Crippen LogP contribution is 2.38. The van der Waals surface area contributed by atoms with Crippen molar-refractivity contribution in [1.82, 2.24) is 5.32 Å². The molecule has 20 heavy (non-hydrogen) atoms. The maximum absolute atomic E-state index is 10.0. The fraction of sp³-hybridized carbons (Fsp3) is 0.647. The number of aliphatic hydroxyl groups excluding tert-OH is 1. The van der Waals surface area contributed by atoms with Crippen LogP contribution in [0.3, 0.4) is 0 Å². The van der Waals surface area contributed by atoms with Crippen molar-refractivity contribution in [2.75, 3.05) is 13.2 Å². The van der Waals surface area contributed by atoms with Gasteiger partial charge in [-0.15, -0.1) is 0 Å². The van der Waals surface area contributed by atoms with Crippen LogP contribution in [0.5, 0.6) is 5.75 Å². The Morgan fingerprint density at radius 1 is 1.20 bits per heavy atom. The van der Waals surface area contributed by atoms with Crippen molar-refractivity contribution in [3.05, 3.63) is 29.3 Å². The molecule has 0 radical (unpaired) electrons. The summed E-state index contributed by atoms with van der Waals surface area (Å²) in [5, 5.41) is 22.8. The number of rotatable bonds is 6. The molecule has 1 aromatic carbocycles. The van der Waals surface area contributed by atoms with Gasteiger partial charge >= 0.3 is 0 Å². The van der Waals surface area contributed by atoms with Crippen molar-refractivity contribution >= 4 is 0 Å². The number of phenolic OH excluding ortho intramolecular Hbond substituents is 1. The first-order valence-electron chi connectivity index (χ1n) is 7.76. The minimum absolute atomic E-state index is 0.256. The van der Waals surface area contributed by atoms with E-state index in [0.29, 0.717) is 12.3 Å². The molecule has 2 rings (SSSR count). The molecule has 3 nitrogen and oxygen atoms in total. The molecule has 3 N–H and O–H groups in total. The Morgan fingerprint density at radius 2 is 1.95 bits per heavy atom. The van der Waals surface area contributed by atoms with Crippen LogP contribution in [0, 0.1) is 12.3 Å². The van der Waals surface area contributed by atoms with Crippen LogP contribution in [0.1, 0.15) is 49.7 Å². The zero-order valence-corrected chi connectivity index (χ0v) is 12.5. The second-order valence-electron chi connectivity index (χ2n) is 6.22. The lowest BCUT2D eigenvalue weighted by atomic mass is 9.72. The molecule has 0 atom stereocenters.